The van der Waals surface area contributed by atoms with E-state index in [1.54, 1.807) is 28.1 Å². The lowest BCUT2D eigenvalue weighted by Gasteiger charge is -2.30. The quantitative estimate of drug-likeness (QED) is 0.518. The van der Waals surface area contributed by atoms with Crippen LogP contribution in [-0.4, -0.2) is 48.7 Å². The highest BCUT2D eigenvalue weighted by molar-refractivity contribution is 8.00. The molecule has 1 aromatic carbocycles. The second kappa shape index (κ2) is 9.51. The number of aromatic nitrogens is 1. The van der Waals surface area contributed by atoms with Crippen LogP contribution in [0.1, 0.15) is 61.6 Å². The molecule has 0 bridgehead atoms. The minimum absolute atomic E-state index is 0.0208. The SMILES string of the molecule is CCOC(=O)Cn1cc(Sc2ccc(C)cc2S(=O)(=O)N2CCCC2)c2c1CC(C)(C)CC2=O. The Balaban J connectivity index is 1.77. The average Bonchev–Trinajstić information content (AvgIpc) is 3.38. The van der Waals surface area contributed by atoms with Crippen LogP contribution in [0.25, 0.3) is 0 Å². The lowest BCUT2D eigenvalue weighted by molar-refractivity contribution is -0.143. The van der Waals surface area contributed by atoms with Gasteiger partial charge in [-0.05, 0) is 56.2 Å². The number of carbonyl (C=O) groups excluding carboxylic acids is 2. The topological polar surface area (TPSA) is 85.7 Å². The summed E-state index contributed by atoms with van der Waals surface area (Å²) in [5, 5.41) is 0. The molecule has 2 aliphatic rings. The van der Waals surface area contributed by atoms with Gasteiger partial charge in [0.2, 0.25) is 10.0 Å². The normalized spacial score (nSPS) is 18.2. The maximum atomic E-state index is 13.4. The third-order valence-electron chi connectivity index (χ3n) is 6.33. The monoisotopic (exact) mass is 504 g/mol. The van der Waals surface area contributed by atoms with Crippen molar-refractivity contribution in [2.45, 2.75) is 74.6 Å². The van der Waals surface area contributed by atoms with Gasteiger partial charge in [0, 0.05) is 41.2 Å². The number of rotatable bonds is 7. The number of ketones is 1. The number of Topliss-reactive ketones (excluding diaryl/α,β-unsaturated/α-hetero) is 1. The number of sulfonamides is 1. The van der Waals surface area contributed by atoms with Gasteiger partial charge in [-0.3, -0.25) is 9.59 Å². The number of hydrogen-bond donors (Lipinski definition) is 0. The highest BCUT2D eigenvalue weighted by atomic mass is 32.2. The smallest absolute Gasteiger partial charge is 0.325 e. The van der Waals surface area contributed by atoms with Crippen LogP contribution in [0.3, 0.4) is 0 Å². The maximum absolute atomic E-state index is 13.4. The van der Waals surface area contributed by atoms with Gasteiger partial charge in [-0.1, -0.05) is 31.7 Å². The first-order chi connectivity index (χ1) is 16.0. The third kappa shape index (κ3) is 4.97. The van der Waals surface area contributed by atoms with Gasteiger partial charge in [-0.15, -0.1) is 0 Å². The number of aryl methyl sites for hydroxylation is 1. The van der Waals surface area contributed by atoms with E-state index in [2.05, 4.69) is 0 Å². The summed E-state index contributed by atoms with van der Waals surface area (Å²) in [6.07, 6.45) is 4.59. The molecule has 1 saturated heterocycles. The summed E-state index contributed by atoms with van der Waals surface area (Å²) in [6.45, 7) is 9.09. The molecule has 34 heavy (non-hydrogen) atoms. The zero-order chi connectivity index (χ0) is 24.7. The van der Waals surface area contributed by atoms with Crippen LogP contribution in [-0.2, 0) is 32.5 Å². The van der Waals surface area contributed by atoms with Crippen LogP contribution >= 0.6 is 11.8 Å². The van der Waals surface area contributed by atoms with Gasteiger partial charge < -0.3 is 9.30 Å². The predicted octanol–water partition coefficient (Wildman–Crippen LogP) is 4.45. The molecule has 7 nitrogen and oxygen atoms in total. The van der Waals surface area contributed by atoms with E-state index in [9.17, 15) is 18.0 Å². The van der Waals surface area contributed by atoms with Crippen LogP contribution in [0.15, 0.2) is 39.1 Å². The summed E-state index contributed by atoms with van der Waals surface area (Å²) in [7, 11) is -3.64. The second-order valence-electron chi connectivity index (χ2n) is 9.85. The molecule has 1 aromatic heterocycles. The molecule has 1 aliphatic heterocycles. The van der Waals surface area contributed by atoms with Crippen molar-refractivity contribution in [1.82, 2.24) is 8.87 Å². The minimum atomic E-state index is -3.64. The van der Waals surface area contributed by atoms with E-state index in [1.165, 1.54) is 11.8 Å². The van der Waals surface area contributed by atoms with Crippen molar-refractivity contribution in [2.24, 2.45) is 5.41 Å². The maximum Gasteiger partial charge on any atom is 0.325 e. The first kappa shape index (κ1) is 25.0. The Kier molecular flexibility index (Phi) is 6.99. The van der Waals surface area contributed by atoms with E-state index in [0.29, 0.717) is 41.3 Å². The van der Waals surface area contributed by atoms with E-state index in [-0.39, 0.29) is 35.2 Å². The standard InChI is InChI=1S/C25H32N2O5S2/c1-5-32-23(29)16-26-15-21(24-18(26)13-25(3,4)14-19(24)28)33-20-9-8-17(2)12-22(20)34(30,31)27-10-6-7-11-27/h8-9,12,15H,5-7,10-11,13-14,16H2,1-4H3. The number of hydrogen-bond acceptors (Lipinski definition) is 6. The molecule has 0 atom stereocenters. The zero-order valence-electron chi connectivity index (χ0n) is 20.2. The molecule has 0 radical (unpaired) electrons. The van der Waals surface area contributed by atoms with Crippen molar-refractivity contribution in [3.63, 3.8) is 0 Å². The van der Waals surface area contributed by atoms with Crippen molar-refractivity contribution in [1.29, 1.82) is 0 Å². The highest BCUT2D eigenvalue weighted by Crippen LogP contribution is 2.43. The zero-order valence-corrected chi connectivity index (χ0v) is 21.9. The summed E-state index contributed by atoms with van der Waals surface area (Å²) in [5.41, 5.74) is 2.05. The lowest BCUT2D eigenvalue weighted by atomic mass is 9.76. The first-order valence-electron chi connectivity index (χ1n) is 11.7. The molecule has 1 aliphatic carbocycles. The number of ether oxygens (including phenoxy) is 1. The summed E-state index contributed by atoms with van der Waals surface area (Å²) >= 11 is 1.29. The highest BCUT2D eigenvalue weighted by Gasteiger charge is 2.37. The fourth-order valence-corrected chi connectivity index (χ4v) is 7.91. The molecule has 2 heterocycles. The number of nitrogens with zero attached hydrogens (tertiary/aromatic N) is 2. The van der Waals surface area contributed by atoms with Crippen molar-refractivity contribution in [2.75, 3.05) is 19.7 Å². The Morgan fingerprint density at radius 2 is 1.85 bits per heavy atom. The van der Waals surface area contributed by atoms with E-state index in [1.807, 2.05) is 32.9 Å². The average molecular weight is 505 g/mol. The number of esters is 1. The lowest BCUT2D eigenvalue weighted by Crippen LogP contribution is -2.29. The molecule has 0 saturated carbocycles. The van der Waals surface area contributed by atoms with Crippen LogP contribution in [0.2, 0.25) is 0 Å². The largest absolute Gasteiger partial charge is 0.465 e. The van der Waals surface area contributed by atoms with Gasteiger partial charge >= 0.3 is 5.97 Å². The molecule has 9 heteroatoms. The van der Waals surface area contributed by atoms with E-state index >= 15 is 0 Å². The number of benzene rings is 1. The molecular formula is C25H32N2O5S2. The van der Waals surface area contributed by atoms with Gasteiger partial charge in [0.1, 0.15) is 6.54 Å². The Bertz CT molecular complexity index is 1220. The van der Waals surface area contributed by atoms with Crippen LogP contribution in [0.4, 0.5) is 0 Å². The van der Waals surface area contributed by atoms with E-state index < -0.39 is 10.0 Å². The summed E-state index contributed by atoms with van der Waals surface area (Å²) < 4.78 is 35.4. The Morgan fingerprint density at radius 1 is 1.15 bits per heavy atom. The molecule has 0 N–H and O–H groups in total. The molecule has 0 amide bonds. The fraction of sp³-hybridized carbons (Fsp3) is 0.520. The van der Waals surface area contributed by atoms with Crippen LogP contribution in [0.5, 0.6) is 0 Å². The van der Waals surface area contributed by atoms with Crippen molar-refractivity contribution >= 4 is 33.5 Å². The van der Waals surface area contributed by atoms with E-state index in [0.717, 1.165) is 24.1 Å². The predicted molar refractivity (Wildman–Crippen MR) is 131 cm³/mol. The van der Waals surface area contributed by atoms with Crippen molar-refractivity contribution in [3.8, 4) is 0 Å². The Hall–Kier alpha value is -2.10. The molecule has 4 rings (SSSR count). The summed E-state index contributed by atoms with van der Waals surface area (Å²) in [6, 6.07) is 5.41. The van der Waals surface area contributed by atoms with Crippen molar-refractivity contribution in [3.05, 3.63) is 41.2 Å². The second-order valence-corrected chi connectivity index (χ2v) is 12.8. The Morgan fingerprint density at radius 3 is 2.53 bits per heavy atom. The molecule has 184 valence electrons. The van der Waals surface area contributed by atoms with Gasteiger partial charge in [0.25, 0.3) is 0 Å². The molecule has 0 spiro atoms. The molecular weight excluding hydrogens is 472 g/mol. The number of carbonyl (C=O) groups is 2. The summed E-state index contributed by atoms with van der Waals surface area (Å²) in [5.74, 6) is -0.340. The van der Waals surface area contributed by atoms with Gasteiger partial charge in [-0.25, -0.2) is 8.42 Å². The van der Waals surface area contributed by atoms with Gasteiger partial charge in [-0.2, -0.15) is 4.31 Å². The fourth-order valence-electron chi connectivity index (χ4n) is 4.75. The van der Waals surface area contributed by atoms with Gasteiger partial charge in [0.05, 0.1) is 17.1 Å². The molecule has 2 aromatic rings. The molecule has 0 unspecified atom stereocenters. The third-order valence-corrected chi connectivity index (χ3v) is 9.50. The number of fused-ring (bicyclic) bond motifs is 1. The van der Waals surface area contributed by atoms with E-state index in [4.69, 9.17) is 4.74 Å². The first-order valence-corrected chi connectivity index (χ1v) is 14.0. The molecule has 1 fully saturated rings. The van der Waals surface area contributed by atoms with Gasteiger partial charge in [0.15, 0.2) is 5.78 Å². The minimum Gasteiger partial charge on any atom is -0.465 e. The summed E-state index contributed by atoms with van der Waals surface area (Å²) in [4.78, 5) is 27.0. The van der Waals surface area contributed by atoms with Crippen molar-refractivity contribution < 1.29 is 22.7 Å². The van der Waals surface area contributed by atoms with Crippen LogP contribution < -0.4 is 0 Å². The Labute approximate surface area is 205 Å². The van der Waals surface area contributed by atoms with Crippen LogP contribution in [0, 0.1) is 12.3 Å².